The summed E-state index contributed by atoms with van der Waals surface area (Å²) in [5.41, 5.74) is 0.502. The van der Waals surface area contributed by atoms with Gasteiger partial charge in [-0.25, -0.2) is 8.42 Å². The van der Waals surface area contributed by atoms with Gasteiger partial charge >= 0.3 is 0 Å². The summed E-state index contributed by atoms with van der Waals surface area (Å²) < 4.78 is 31.8. The Labute approximate surface area is 148 Å². The van der Waals surface area contributed by atoms with Gasteiger partial charge in [-0.2, -0.15) is 0 Å². The first-order valence-corrected chi connectivity index (χ1v) is 9.86. The zero-order chi connectivity index (χ0) is 18.4. The van der Waals surface area contributed by atoms with Gasteiger partial charge in [0.1, 0.15) is 11.9 Å². The number of unbranched alkanes of at least 4 members (excludes halogenated alkanes) is 1. The minimum absolute atomic E-state index is 0.144. The average molecular weight is 367 g/mol. The highest BCUT2D eigenvalue weighted by molar-refractivity contribution is 7.90. The number of nitrogens with zero attached hydrogens (tertiary/aromatic N) is 1. The molecule has 0 radical (unpaired) electrons. The number of aliphatic imine (C=N–C) groups is 1. The molecule has 1 aromatic rings. The molecule has 1 aliphatic rings. The number of fused-ring (bicyclic) bond motifs is 1. The molecule has 1 aromatic carbocycles. The van der Waals surface area contributed by atoms with Gasteiger partial charge in [-0.1, -0.05) is 31.9 Å². The number of amidine groups is 1. The van der Waals surface area contributed by atoms with Gasteiger partial charge in [-0.15, -0.1) is 0 Å². The van der Waals surface area contributed by atoms with Crippen LogP contribution in [0.15, 0.2) is 34.2 Å². The second kappa shape index (κ2) is 8.44. The van der Waals surface area contributed by atoms with Crippen molar-refractivity contribution in [1.29, 1.82) is 0 Å². The number of amides is 1. The highest BCUT2D eigenvalue weighted by Gasteiger charge is 2.31. The van der Waals surface area contributed by atoms with E-state index in [4.69, 9.17) is 4.74 Å². The number of rotatable bonds is 8. The first-order chi connectivity index (χ1) is 11.9. The Kier molecular flexibility index (Phi) is 6.55. The normalized spacial score (nSPS) is 19.1. The fourth-order valence-corrected chi connectivity index (χ4v) is 3.91. The largest absolute Gasteiger partial charge is 0.383 e. The Balaban J connectivity index is 2.27. The van der Waals surface area contributed by atoms with Crippen LogP contribution in [0.5, 0.6) is 0 Å². The number of ether oxygens (including phenoxy) is 1. The fourth-order valence-electron chi connectivity index (χ4n) is 2.67. The van der Waals surface area contributed by atoms with Crippen molar-refractivity contribution >= 4 is 21.8 Å². The lowest BCUT2D eigenvalue weighted by Crippen LogP contribution is -2.42. The Morgan fingerprint density at radius 2 is 2.08 bits per heavy atom. The van der Waals surface area contributed by atoms with E-state index in [1.54, 1.807) is 25.3 Å². The van der Waals surface area contributed by atoms with Crippen LogP contribution < -0.4 is 10.0 Å². The van der Waals surface area contributed by atoms with E-state index in [0.717, 1.165) is 12.8 Å². The standard InChI is InChI=1S/C17H25N3O4S/c1-4-5-9-14(17(21)18-12(2)11-24-3)19-16-13-8-6-7-10-15(13)25(22,23)20-16/h6-8,10,12,14H,4-5,9,11H2,1-3H3,(H,18,21)(H,19,20)/t12-,14-/m1/s1. The summed E-state index contributed by atoms with van der Waals surface area (Å²) in [6.45, 7) is 4.28. The minimum atomic E-state index is -3.61. The van der Waals surface area contributed by atoms with E-state index >= 15 is 0 Å². The first kappa shape index (κ1) is 19.4. The summed E-state index contributed by atoms with van der Waals surface area (Å²) in [4.78, 5) is 17.2. The summed E-state index contributed by atoms with van der Waals surface area (Å²) in [7, 11) is -2.04. The number of carbonyl (C=O) groups is 1. The summed E-state index contributed by atoms with van der Waals surface area (Å²) in [6, 6.07) is 5.83. The van der Waals surface area contributed by atoms with Gasteiger partial charge in [-0.3, -0.25) is 14.5 Å². The molecule has 2 N–H and O–H groups in total. The molecule has 7 nitrogen and oxygen atoms in total. The van der Waals surface area contributed by atoms with Crippen molar-refractivity contribution in [3.63, 3.8) is 0 Å². The second-order valence-electron chi connectivity index (χ2n) is 6.10. The van der Waals surface area contributed by atoms with Crippen molar-refractivity contribution in [3.8, 4) is 0 Å². The van der Waals surface area contributed by atoms with Crippen molar-refractivity contribution in [2.45, 2.75) is 50.1 Å². The highest BCUT2D eigenvalue weighted by atomic mass is 32.2. The van der Waals surface area contributed by atoms with Gasteiger partial charge in [0.05, 0.1) is 11.5 Å². The molecule has 138 valence electrons. The number of methoxy groups -OCH3 is 1. The van der Waals surface area contributed by atoms with Gasteiger partial charge < -0.3 is 10.1 Å². The SMILES string of the molecule is CCCC[C@@H](N=C1NS(=O)(=O)c2ccccc21)C(=O)N[C@H](C)COC. The van der Waals surface area contributed by atoms with E-state index in [1.165, 1.54) is 6.07 Å². The molecule has 0 spiro atoms. The van der Waals surface area contributed by atoms with Crippen molar-refractivity contribution in [2.75, 3.05) is 13.7 Å². The lowest BCUT2D eigenvalue weighted by Gasteiger charge is -2.17. The van der Waals surface area contributed by atoms with E-state index in [-0.39, 0.29) is 22.7 Å². The minimum Gasteiger partial charge on any atom is -0.383 e. The summed E-state index contributed by atoms with van der Waals surface area (Å²) in [5, 5.41) is 2.86. The average Bonchev–Trinajstić information content (AvgIpc) is 2.82. The Hall–Kier alpha value is -1.93. The van der Waals surface area contributed by atoms with E-state index < -0.39 is 16.1 Å². The first-order valence-electron chi connectivity index (χ1n) is 8.38. The Morgan fingerprint density at radius 3 is 2.76 bits per heavy atom. The van der Waals surface area contributed by atoms with Gasteiger partial charge in [0.15, 0.2) is 0 Å². The molecular weight excluding hydrogens is 342 g/mol. The van der Waals surface area contributed by atoms with Crippen LogP contribution in [-0.4, -0.2) is 46.0 Å². The highest BCUT2D eigenvalue weighted by Crippen LogP contribution is 2.23. The quantitative estimate of drug-likeness (QED) is 0.726. The van der Waals surface area contributed by atoms with Crippen molar-refractivity contribution in [1.82, 2.24) is 10.0 Å². The predicted octanol–water partition coefficient (Wildman–Crippen LogP) is 1.44. The number of hydrogen-bond donors (Lipinski definition) is 2. The van der Waals surface area contributed by atoms with Gasteiger partial charge in [0.2, 0.25) is 5.91 Å². The van der Waals surface area contributed by atoms with Crippen LogP contribution in [0, 0.1) is 0 Å². The number of sulfonamides is 1. The molecule has 0 aromatic heterocycles. The van der Waals surface area contributed by atoms with Crippen LogP contribution in [0.3, 0.4) is 0 Å². The van der Waals surface area contributed by atoms with Crippen LogP contribution in [0.1, 0.15) is 38.7 Å². The number of hydrogen-bond acceptors (Lipinski definition) is 5. The van der Waals surface area contributed by atoms with Crippen molar-refractivity contribution in [3.05, 3.63) is 29.8 Å². The Bertz CT molecular complexity index is 746. The lowest BCUT2D eigenvalue weighted by atomic mass is 10.1. The summed E-state index contributed by atoms with van der Waals surface area (Å²) in [5.74, 6) is 0.000303. The third-order valence-corrected chi connectivity index (χ3v) is 5.28. The van der Waals surface area contributed by atoms with Gasteiger partial charge in [-0.05, 0) is 25.5 Å². The van der Waals surface area contributed by atoms with Crippen LogP contribution in [0.4, 0.5) is 0 Å². The van der Waals surface area contributed by atoms with E-state index in [2.05, 4.69) is 15.0 Å². The van der Waals surface area contributed by atoms with Crippen molar-refractivity contribution in [2.24, 2.45) is 4.99 Å². The molecule has 0 aliphatic carbocycles. The monoisotopic (exact) mass is 367 g/mol. The maximum Gasteiger partial charge on any atom is 0.263 e. The smallest absolute Gasteiger partial charge is 0.263 e. The van der Waals surface area contributed by atoms with Crippen LogP contribution in [-0.2, 0) is 19.6 Å². The summed E-state index contributed by atoms with van der Waals surface area (Å²) in [6.07, 6.45) is 2.29. The molecule has 0 saturated heterocycles. The van der Waals surface area contributed by atoms with Gasteiger partial charge in [0.25, 0.3) is 10.0 Å². The Morgan fingerprint density at radius 1 is 1.36 bits per heavy atom. The van der Waals surface area contributed by atoms with E-state index in [0.29, 0.717) is 18.6 Å². The third-order valence-electron chi connectivity index (χ3n) is 3.89. The molecule has 1 amide bonds. The lowest BCUT2D eigenvalue weighted by molar-refractivity contribution is -0.123. The maximum atomic E-state index is 12.5. The van der Waals surface area contributed by atoms with E-state index in [1.807, 2.05) is 13.8 Å². The third kappa shape index (κ3) is 4.79. The maximum absolute atomic E-state index is 12.5. The number of benzene rings is 1. The molecule has 0 unspecified atom stereocenters. The van der Waals surface area contributed by atoms with Crippen molar-refractivity contribution < 1.29 is 17.9 Å². The molecule has 0 bridgehead atoms. The van der Waals surface area contributed by atoms with E-state index in [9.17, 15) is 13.2 Å². The molecule has 0 saturated carbocycles. The molecule has 25 heavy (non-hydrogen) atoms. The number of nitrogens with one attached hydrogen (secondary N) is 2. The zero-order valence-corrected chi connectivity index (χ0v) is 15.6. The predicted molar refractivity (Wildman–Crippen MR) is 96.1 cm³/mol. The molecule has 1 heterocycles. The number of carbonyl (C=O) groups excluding carboxylic acids is 1. The molecular formula is C17H25N3O4S. The van der Waals surface area contributed by atoms with Gasteiger partial charge in [0, 0.05) is 18.7 Å². The molecule has 8 heteroatoms. The van der Waals surface area contributed by atoms with Crippen LogP contribution in [0.25, 0.3) is 0 Å². The van der Waals surface area contributed by atoms with Crippen LogP contribution in [0.2, 0.25) is 0 Å². The summed E-state index contributed by atoms with van der Waals surface area (Å²) >= 11 is 0. The second-order valence-corrected chi connectivity index (χ2v) is 7.75. The molecule has 2 atom stereocenters. The zero-order valence-electron chi connectivity index (χ0n) is 14.8. The molecule has 2 rings (SSSR count). The molecule has 0 fully saturated rings. The fraction of sp³-hybridized carbons (Fsp3) is 0.529. The van der Waals surface area contributed by atoms with Crippen LogP contribution >= 0.6 is 0 Å². The topological polar surface area (TPSA) is 96.9 Å². The molecule has 1 aliphatic heterocycles.